The summed E-state index contributed by atoms with van der Waals surface area (Å²) in [4.78, 5) is 10.3. The Hall–Kier alpha value is -3.06. The molecule has 3 N–H and O–H groups in total. The second-order valence-electron chi connectivity index (χ2n) is 6.03. The lowest BCUT2D eigenvalue weighted by molar-refractivity contribution is 0.399. The van der Waals surface area contributed by atoms with Gasteiger partial charge in [-0.15, -0.1) is 0 Å². The fraction of sp³-hybridized carbons (Fsp3) is 0.158. The maximum Gasteiger partial charge on any atom is 0.223 e. The van der Waals surface area contributed by atoms with E-state index in [1.165, 1.54) is 19.2 Å². The van der Waals surface area contributed by atoms with Crippen LogP contribution in [0.5, 0.6) is 5.88 Å². The largest absolute Gasteiger partial charge is 0.480 e. The lowest BCUT2D eigenvalue weighted by Gasteiger charge is -2.20. The van der Waals surface area contributed by atoms with E-state index in [-0.39, 0.29) is 0 Å². The topological polar surface area (TPSA) is 76.3 Å². The number of nitrogen functional groups attached to an aromatic ring is 1. The van der Waals surface area contributed by atoms with E-state index in [1.54, 1.807) is 30.5 Å². The number of halogens is 2. The van der Waals surface area contributed by atoms with Gasteiger partial charge in [0.25, 0.3) is 0 Å². The molecular weight excluding hydrogens is 369 g/mol. The average molecular weight is 388 g/mol. The van der Waals surface area contributed by atoms with Gasteiger partial charge in [-0.3, -0.25) is 0 Å². The van der Waals surface area contributed by atoms with Crippen LogP contribution < -0.4 is 20.7 Å². The molecule has 0 atom stereocenters. The predicted octanol–water partition coefficient (Wildman–Crippen LogP) is 4.34. The van der Waals surface area contributed by atoms with Crippen LogP contribution in [-0.2, 0) is 0 Å². The van der Waals surface area contributed by atoms with Crippen LogP contribution in [0.25, 0.3) is 11.1 Å². The number of methoxy groups -OCH3 is 1. The third-order valence-electron chi connectivity index (χ3n) is 3.86. The first-order valence-corrected chi connectivity index (χ1v) is 8.47. The third kappa shape index (κ3) is 4.03. The summed E-state index contributed by atoms with van der Waals surface area (Å²) >= 11 is 6.06. The monoisotopic (exact) mass is 387 g/mol. The molecule has 0 bridgehead atoms. The van der Waals surface area contributed by atoms with Crippen molar-refractivity contribution in [1.29, 1.82) is 0 Å². The van der Waals surface area contributed by atoms with Gasteiger partial charge in [0, 0.05) is 48.2 Å². The van der Waals surface area contributed by atoms with Gasteiger partial charge in [-0.1, -0.05) is 11.6 Å². The van der Waals surface area contributed by atoms with Crippen molar-refractivity contribution in [3.63, 3.8) is 0 Å². The molecule has 27 heavy (non-hydrogen) atoms. The number of nitrogens with one attached hydrogen (secondary N) is 1. The van der Waals surface area contributed by atoms with E-state index >= 15 is 0 Å². The minimum atomic E-state index is -0.420. The predicted molar refractivity (Wildman–Crippen MR) is 107 cm³/mol. The summed E-state index contributed by atoms with van der Waals surface area (Å²) < 4.78 is 19.8. The summed E-state index contributed by atoms with van der Waals surface area (Å²) in [6, 6.07) is 9.59. The highest BCUT2D eigenvalue weighted by Crippen LogP contribution is 2.38. The number of hydrogen-bond acceptors (Lipinski definition) is 6. The van der Waals surface area contributed by atoms with Crippen molar-refractivity contribution >= 4 is 34.6 Å². The Morgan fingerprint density at radius 2 is 1.93 bits per heavy atom. The van der Waals surface area contributed by atoms with Crippen LogP contribution in [0.4, 0.5) is 27.4 Å². The van der Waals surface area contributed by atoms with Crippen molar-refractivity contribution in [1.82, 2.24) is 9.97 Å². The molecule has 2 aromatic heterocycles. The molecule has 3 rings (SSSR count). The van der Waals surface area contributed by atoms with Crippen LogP contribution in [0.15, 0.2) is 42.6 Å². The molecule has 6 nitrogen and oxygen atoms in total. The smallest absolute Gasteiger partial charge is 0.223 e. The van der Waals surface area contributed by atoms with Crippen LogP contribution >= 0.6 is 11.6 Å². The summed E-state index contributed by atoms with van der Waals surface area (Å²) in [5.74, 6) is 0.873. The number of benzene rings is 1. The fourth-order valence-electron chi connectivity index (χ4n) is 2.65. The number of ether oxygens (including phenoxy) is 1. The zero-order valence-corrected chi connectivity index (χ0v) is 15.9. The molecule has 0 fully saturated rings. The minimum absolute atomic E-state index is 0.291. The van der Waals surface area contributed by atoms with Gasteiger partial charge in [0.1, 0.15) is 11.6 Å². The maximum absolute atomic E-state index is 14.4. The van der Waals surface area contributed by atoms with Gasteiger partial charge >= 0.3 is 0 Å². The molecule has 0 saturated carbocycles. The Labute approximate surface area is 161 Å². The molecule has 0 unspecified atom stereocenters. The van der Waals surface area contributed by atoms with E-state index in [2.05, 4.69) is 15.3 Å². The molecule has 0 spiro atoms. The van der Waals surface area contributed by atoms with E-state index in [4.69, 9.17) is 22.1 Å². The number of rotatable bonds is 5. The molecule has 0 amide bonds. The summed E-state index contributed by atoms with van der Waals surface area (Å²) in [6.07, 6.45) is 1.60. The molecule has 0 radical (unpaired) electrons. The van der Waals surface area contributed by atoms with E-state index < -0.39 is 5.82 Å². The van der Waals surface area contributed by atoms with Gasteiger partial charge < -0.3 is 20.7 Å². The van der Waals surface area contributed by atoms with Crippen molar-refractivity contribution in [2.24, 2.45) is 0 Å². The Morgan fingerprint density at radius 3 is 2.59 bits per heavy atom. The molecule has 0 saturated heterocycles. The molecule has 2 heterocycles. The quantitative estimate of drug-likeness (QED) is 0.678. The van der Waals surface area contributed by atoms with Gasteiger partial charge in [-0.05, 0) is 30.3 Å². The Balaban J connectivity index is 2.18. The highest BCUT2D eigenvalue weighted by Gasteiger charge is 2.18. The molecule has 0 aliphatic carbocycles. The number of pyridine rings is 2. The third-order valence-corrected chi connectivity index (χ3v) is 4.10. The van der Waals surface area contributed by atoms with Crippen LogP contribution in [0.3, 0.4) is 0 Å². The van der Waals surface area contributed by atoms with E-state index in [0.29, 0.717) is 39.4 Å². The van der Waals surface area contributed by atoms with Gasteiger partial charge in [0.05, 0.1) is 12.8 Å². The van der Waals surface area contributed by atoms with Gasteiger partial charge in [-0.25, -0.2) is 9.37 Å². The second-order valence-corrected chi connectivity index (χ2v) is 6.47. The normalized spacial score (nSPS) is 10.6. The second kappa shape index (κ2) is 7.67. The number of anilines is 4. The number of nitrogens with two attached hydrogens (primary N) is 1. The molecule has 8 heteroatoms. The maximum atomic E-state index is 14.4. The van der Waals surface area contributed by atoms with Crippen molar-refractivity contribution in [2.45, 2.75) is 0 Å². The lowest BCUT2D eigenvalue weighted by atomic mass is 10.1. The van der Waals surface area contributed by atoms with Crippen LogP contribution in [0.2, 0.25) is 5.02 Å². The molecule has 0 aliphatic heterocycles. The number of aromatic nitrogens is 2. The van der Waals surface area contributed by atoms with E-state index in [1.807, 2.05) is 19.0 Å². The van der Waals surface area contributed by atoms with Crippen LogP contribution in [0, 0.1) is 5.82 Å². The van der Waals surface area contributed by atoms with Gasteiger partial charge in [-0.2, -0.15) is 4.98 Å². The summed E-state index contributed by atoms with van der Waals surface area (Å²) in [7, 11) is 5.20. The highest BCUT2D eigenvalue weighted by atomic mass is 35.5. The Kier molecular flexibility index (Phi) is 5.32. The lowest BCUT2D eigenvalue weighted by Crippen LogP contribution is -2.14. The zero-order chi connectivity index (χ0) is 19.6. The standard InChI is InChI=1S/C19H19ClFN5O/c1-26(2)18-16(24-12-6-7-23-17(22)9-12)10-14(19(25-18)27-3)13-8-11(20)4-5-15(13)21/h4-10H,1-3H3,(H3,22,23,24). The molecule has 3 aromatic rings. The number of hydrogen-bond donors (Lipinski definition) is 2. The number of nitrogens with zero attached hydrogens (tertiary/aromatic N) is 3. The average Bonchev–Trinajstić information content (AvgIpc) is 2.63. The highest BCUT2D eigenvalue weighted by molar-refractivity contribution is 6.30. The van der Waals surface area contributed by atoms with Gasteiger partial charge in [0.2, 0.25) is 5.88 Å². The van der Waals surface area contributed by atoms with E-state index in [9.17, 15) is 4.39 Å². The summed E-state index contributed by atoms with van der Waals surface area (Å²) in [5, 5.41) is 3.67. The van der Waals surface area contributed by atoms with E-state index in [0.717, 1.165) is 5.69 Å². The first-order valence-electron chi connectivity index (χ1n) is 8.09. The Morgan fingerprint density at radius 1 is 1.15 bits per heavy atom. The summed E-state index contributed by atoms with van der Waals surface area (Å²) in [6.45, 7) is 0. The van der Waals surface area contributed by atoms with Gasteiger partial charge in [0.15, 0.2) is 5.82 Å². The van der Waals surface area contributed by atoms with Crippen molar-refractivity contribution in [3.8, 4) is 17.0 Å². The first kappa shape index (κ1) is 18.7. The molecule has 140 valence electrons. The van der Waals surface area contributed by atoms with Crippen molar-refractivity contribution in [2.75, 3.05) is 37.2 Å². The van der Waals surface area contributed by atoms with Crippen LogP contribution in [0.1, 0.15) is 0 Å². The first-order chi connectivity index (χ1) is 12.9. The zero-order valence-electron chi connectivity index (χ0n) is 15.1. The van der Waals surface area contributed by atoms with Crippen molar-refractivity contribution < 1.29 is 9.13 Å². The Bertz CT molecular complexity index is 980. The van der Waals surface area contributed by atoms with Crippen molar-refractivity contribution in [3.05, 3.63) is 53.4 Å². The minimum Gasteiger partial charge on any atom is -0.480 e. The molecular formula is C19H19ClFN5O. The fourth-order valence-corrected chi connectivity index (χ4v) is 2.83. The molecule has 0 aliphatic rings. The SMILES string of the molecule is COc1nc(N(C)C)c(Nc2ccnc(N)c2)cc1-c1cc(Cl)ccc1F. The van der Waals surface area contributed by atoms with Crippen LogP contribution in [-0.4, -0.2) is 31.2 Å². The molecule has 1 aromatic carbocycles. The summed E-state index contributed by atoms with van der Waals surface area (Å²) in [5.41, 5.74) is 7.92.